The maximum atomic E-state index is 13.9. The van der Waals surface area contributed by atoms with E-state index in [1.807, 2.05) is 18.0 Å². The zero-order valence-electron chi connectivity index (χ0n) is 27.2. The van der Waals surface area contributed by atoms with Crippen LogP contribution >= 0.6 is 11.6 Å². The van der Waals surface area contributed by atoms with Crippen LogP contribution in [0.3, 0.4) is 0 Å². The lowest BCUT2D eigenvalue weighted by Gasteiger charge is -2.32. The van der Waals surface area contributed by atoms with Crippen molar-refractivity contribution < 1.29 is 46.6 Å². The highest BCUT2D eigenvalue weighted by Gasteiger charge is 2.23. The highest BCUT2D eigenvalue weighted by Crippen LogP contribution is 2.30. The van der Waals surface area contributed by atoms with Gasteiger partial charge in [0.15, 0.2) is 23.7 Å². The van der Waals surface area contributed by atoms with Gasteiger partial charge in [-0.2, -0.15) is 13.2 Å². The van der Waals surface area contributed by atoms with Gasteiger partial charge in [-0.25, -0.2) is 9.37 Å². The molecule has 0 bridgehead atoms. The molecular formula is C32H39ClF4N6O6. The molecule has 2 fully saturated rings. The number of carboxylic acid groups (broad SMARTS) is 1. The number of rotatable bonds is 8. The molecule has 2 saturated heterocycles. The fourth-order valence-corrected chi connectivity index (χ4v) is 5.06. The molecule has 268 valence electrons. The van der Waals surface area contributed by atoms with Gasteiger partial charge in [-0.3, -0.25) is 14.4 Å². The number of nitrogens with zero attached hydrogens (tertiary/aromatic N) is 4. The summed E-state index contributed by atoms with van der Waals surface area (Å²) in [5.74, 6) is -3.73. The predicted molar refractivity (Wildman–Crippen MR) is 175 cm³/mol. The lowest BCUT2D eigenvalue weighted by molar-refractivity contribution is -0.122. The summed E-state index contributed by atoms with van der Waals surface area (Å²) >= 11 is 6.15. The maximum absolute atomic E-state index is 13.9. The molecule has 3 heterocycles. The number of anilines is 1. The number of ether oxygens (including phenoxy) is 1. The van der Waals surface area contributed by atoms with Crippen molar-refractivity contribution in [3.05, 3.63) is 64.6 Å². The van der Waals surface area contributed by atoms with Crippen molar-refractivity contribution in [2.24, 2.45) is 7.05 Å². The first-order valence-corrected chi connectivity index (χ1v) is 15.4. The van der Waals surface area contributed by atoms with Crippen molar-refractivity contribution in [3.63, 3.8) is 0 Å². The van der Waals surface area contributed by atoms with Crippen LogP contribution in [0.25, 0.3) is 11.3 Å². The van der Waals surface area contributed by atoms with Gasteiger partial charge < -0.3 is 39.6 Å². The first-order chi connectivity index (χ1) is 23.4. The molecule has 17 heteroatoms. The highest BCUT2D eigenvalue weighted by atomic mass is 35.5. The molecule has 0 unspecified atom stereocenters. The van der Waals surface area contributed by atoms with Gasteiger partial charge in [0.2, 0.25) is 5.82 Å². The molecule has 1 amide bonds. The number of halogens is 5. The first kappa shape index (κ1) is 40.6. The van der Waals surface area contributed by atoms with Crippen LogP contribution in [0.2, 0.25) is 5.02 Å². The van der Waals surface area contributed by atoms with E-state index in [2.05, 4.69) is 32.3 Å². The van der Waals surface area contributed by atoms with Crippen molar-refractivity contribution >= 4 is 42.2 Å². The van der Waals surface area contributed by atoms with Crippen LogP contribution < -0.4 is 15.4 Å². The summed E-state index contributed by atoms with van der Waals surface area (Å²) < 4.78 is 56.6. The van der Waals surface area contributed by atoms with Gasteiger partial charge in [-0.1, -0.05) is 11.6 Å². The molecule has 3 N–H and O–H groups in total. The van der Waals surface area contributed by atoms with Gasteiger partial charge in [0, 0.05) is 64.0 Å². The van der Waals surface area contributed by atoms with Crippen LogP contribution in [0.1, 0.15) is 40.2 Å². The maximum Gasteiger partial charge on any atom is 0.387 e. The molecule has 2 aliphatic heterocycles. The van der Waals surface area contributed by atoms with Gasteiger partial charge >= 0.3 is 6.61 Å². The molecule has 2 aromatic carbocycles. The van der Waals surface area contributed by atoms with Crippen LogP contribution in [-0.4, -0.2) is 109 Å². The van der Waals surface area contributed by atoms with Crippen molar-refractivity contribution in [1.29, 1.82) is 0 Å². The zero-order valence-corrected chi connectivity index (χ0v) is 27.9. The molecule has 5 rings (SSSR count). The third kappa shape index (κ3) is 12.1. The van der Waals surface area contributed by atoms with Gasteiger partial charge in [0.25, 0.3) is 12.4 Å². The molecule has 3 aromatic rings. The summed E-state index contributed by atoms with van der Waals surface area (Å²) in [6, 6.07) is 7.89. The lowest BCUT2D eigenvalue weighted by Crippen LogP contribution is -2.47. The second-order valence-corrected chi connectivity index (χ2v) is 11.0. The lowest BCUT2D eigenvalue weighted by atomic mass is 10.1. The SMILES string of the molecule is CNc1ccc(C(=O)N2CCN(C)CC2)c(Cl)c1.Cn1c(-c2ccc(OC(F)F)c(F)c2F)cnc1C=O.O=CC[C@@H]1CCCN1.O=CO. The van der Waals surface area contributed by atoms with E-state index in [1.165, 1.54) is 30.7 Å². The van der Waals surface area contributed by atoms with Crippen molar-refractivity contribution in [1.82, 2.24) is 24.7 Å². The predicted octanol–water partition coefficient (Wildman–Crippen LogP) is 4.58. The number of likely N-dealkylation sites (N-methyl/N-ethyl adjacent to an activating group) is 1. The van der Waals surface area contributed by atoms with E-state index >= 15 is 0 Å². The zero-order chi connectivity index (χ0) is 36.5. The minimum absolute atomic E-state index is 0.0210. The van der Waals surface area contributed by atoms with Crippen molar-refractivity contribution in [2.45, 2.75) is 31.9 Å². The summed E-state index contributed by atoms with van der Waals surface area (Å²) in [5.41, 5.74) is 1.41. The number of aromatic nitrogens is 2. The number of hydrogen-bond donors (Lipinski definition) is 3. The van der Waals surface area contributed by atoms with E-state index in [1.54, 1.807) is 12.1 Å². The molecule has 0 saturated carbocycles. The topological polar surface area (TPSA) is 146 Å². The fraction of sp³-hybridized carbons (Fsp3) is 0.406. The Labute approximate surface area is 286 Å². The first-order valence-electron chi connectivity index (χ1n) is 15.0. The van der Waals surface area contributed by atoms with Crippen LogP contribution in [0.4, 0.5) is 23.2 Å². The number of piperazine rings is 1. The minimum Gasteiger partial charge on any atom is -0.483 e. The molecular weight excluding hydrogens is 676 g/mol. The average molecular weight is 715 g/mol. The Hall–Kier alpha value is -4.54. The number of hydrogen-bond acceptors (Lipinski definition) is 9. The number of carbonyl (C=O) groups is 4. The Morgan fingerprint density at radius 3 is 2.31 bits per heavy atom. The Kier molecular flexibility index (Phi) is 17.2. The number of benzene rings is 2. The van der Waals surface area contributed by atoms with E-state index in [9.17, 15) is 31.9 Å². The molecule has 0 aliphatic carbocycles. The second kappa shape index (κ2) is 20.7. The quantitative estimate of drug-likeness (QED) is 0.224. The molecule has 12 nitrogen and oxygen atoms in total. The molecule has 1 aromatic heterocycles. The van der Waals surface area contributed by atoms with Gasteiger partial charge in [0.05, 0.1) is 22.5 Å². The second-order valence-electron chi connectivity index (χ2n) is 10.6. The smallest absolute Gasteiger partial charge is 0.387 e. The van der Waals surface area contributed by atoms with Crippen LogP contribution in [0.15, 0.2) is 36.5 Å². The molecule has 0 spiro atoms. The fourth-order valence-electron chi connectivity index (χ4n) is 4.80. The van der Waals surface area contributed by atoms with E-state index in [4.69, 9.17) is 21.5 Å². The molecule has 0 radical (unpaired) electrons. The summed E-state index contributed by atoms with van der Waals surface area (Å²) in [7, 11) is 5.33. The van der Waals surface area contributed by atoms with E-state index in [0.29, 0.717) is 29.3 Å². The number of nitrogens with one attached hydrogen (secondary N) is 2. The third-order valence-corrected chi connectivity index (χ3v) is 7.80. The normalized spacial score (nSPS) is 15.4. The largest absolute Gasteiger partial charge is 0.483 e. The molecule has 1 atom stereocenters. The van der Waals surface area contributed by atoms with Crippen LogP contribution in [-0.2, 0) is 16.6 Å². The minimum atomic E-state index is -3.26. The summed E-state index contributed by atoms with van der Waals surface area (Å²) in [4.78, 5) is 49.0. The molecule has 2 aliphatic rings. The van der Waals surface area contributed by atoms with Gasteiger partial charge in [0.1, 0.15) is 6.29 Å². The summed E-state index contributed by atoms with van der Waals surface area (Å²) in [6.07, 6.45) is 5.72. The van der Waals surface area contributed by atoms with Crippen LogP contribution in [0.5, 0.6) is 5.75 Å². The summed E-state index contributed by atoms with van der Waals surface area (Å²) in [5, 5.41) is 13.6. The Morgan fingerprint density at radius 2 is 1.80 bits per heavy atom. The number of imidazole rings is 1. The standard InChI is InChI=1S/C13H18ClN3O.C12H8F4N2O2.C6H11NO.CH2O2/c1-15-10-3-4-11(12(14)9-10)13(18)17-7-5-16(2)6-8-17;1-18-7(4-17-9(18)5-19)6-2-3-8(20-12(15)16)11(14)10(6)13;8-5-3-6-2-1-4-7-6;2-1-3/h3-4,9,15H,5-8H2,1-2H3;2-5,12H,1H3;5-7H,1-4H2;1H,(H,2,3)/t;;6-;/m..0./s1. The van der Waals surface area contributed by atoms with E-state index < -0.39 is 24.0 Å². The highest BCUT2D eigenvalue weighted by molar-refractivity contribution is 6.34. The number of aldehydes is 2. The number of alkyl halides is 2. The van der Waals surface area contributed by atoms with E-state index in [0.717, 1.165) is 56.8 Å². The molecule has 49 heavy (non-hydrogen) atoms. The average Bonchev–Trinajstić information content (AvgIpc) is 3.73. The van der Waals surface area contributed by atoms with E-state index in [-0.39, 0.29) is 29.5 Å². The Balaban J connectivity index is 0.000000263. The van der Waals surface area contributed by atoms with Crippen LogP contribution in [0, 0.1) is 11.6 Å². The Bertz CT molecular complexity index is 1530. The monoisotopic (exact) mass is 714 g/mol. The van der Waals surface area contributed by atoms with Crippen molar-refractivity contribution in [2.75, 3.05) is 52.1 Å². The van der Waals surface area contributed by atoms with Gasteiger partial charge in [-0.15, -0.1) is 0 Å². The van der Waals surface area contributed by atoms with Gasteiger partial charge in [-0.05, 0) is 56.8 Å². The van der Waals surface area contributed by atoms with Crippen molar-refractivity contribution in [3.8, 4) is 17.0 Å². The third-order valence-electron chi connectivity index (χ3n) is 7.49. The number of carbonyl (C=O) groups excluding carboxylic acids is 3. The summed E-state index contributed by atoms with van der Waals surface area (Å²) in [6.45, 7) is 0.945. The number of amides is 1. The Morgan fingerprint density at radius 1 is 1.12 bits per heavy atom.